The standard InChI is InChI=1S/C12H27N3O2/c1-10(2)15(6-7-17-5)11(9-13)8-12(16)14(3)4/h10-11H,6-9,13H2,1-5H3. The van der Waals surface area contributed by atoms with Crippen molar-refractivity contribution in [3.8, 4) is 0 Å². The molecule has 0 aliphatic carbocycles. The van der Waals surface area contributed by atoms with E-state index in [0.717, 1.165) is 6.54 Å². The molecule has 1 unspecified atom stereocenters. The predicted molar refractivity (Wildman–Crippen MR) is 69.9 cm³/mol. The topological polar surface area (TPSA) is 58.8 Å². The zero-order chi connectivity index (χ0) is 13.4. The first-order valence-electron chi connectivity index (χ1n) is 6.08. The number of methoxy groups -OCH3 is 1. The SMILES string of the molecule is COCCN(C(C)C)C(CN)CC(=O)N(C)C. The Hall–Kier alpha value is -0.650. The molecule has 0 aromatic carbocycles. The molecule has 102 valence electrons. The number of rotatable bonds is 8. The molecular weight excluding hydrogens is 218 g/mol. The van der Waals surface area contributed by atoms with E-state index >= 15 is 0 Å². The first-order valence-corrected chi connectivity index (χ1v) is 6.08. The number of hydrogen-bond donors (Lipinski definition) is 1. The third-order valence-electron chi connectivity index (χ3n) is 2.87. The Bertz CT molecular complexity index is 220. The van der Waals surface area contributed by atoms with Gasteiger partial charge in [-0.25, -0.2) is 0 Å². The highest BCUT2D eigenvalue weighted by Crippen LogP contribution is 2.09. The number of amides is 1. The van der Waals surface area contributed by atoms with Gasteiger partial charge >= 0.3 is 0 Å². The quantitative estimate of drug-likeness (QED) is 0.661. The molecule has 0 aliphatic rings. The van der Waals surface area contributed by atoms with Gasteiger partial charge in [0.1, 0.15) is 0 Å². The lowest BCUT2D eigenvalue weighted by atomic mass is 10.1. The third kappa shape index (κ3) is 6.00. The second-order valence-electron chi connectivity index (χ2n) is 4.71. The van der Waals surface area contributed by atoms with Crippen molar-refractivity contribution in [2.45, 2.75) is 32.4 Å². The van der Waals surface area contributed by atoms with Gasteiger partial charge in [-0.1, -0.05) is 0 Å². The smallest absolute Gasteiger partial charge is 0.223 e. The Morgan fingerprint density at radius 2 is 1.94 bits per heavy atom. The van der Waals surface area contributed by atoms with Gasteiger partial charge in [-0.15, -0.1) is 0 Å². The largest absolute Gasteiger partial charge is 0.383 e. The van der Waals surface area contributed by atoms with E-state index in [1.807, 2.05) is 0 Å². The van der Waals surface area contributed by atoms with Crippen LogP contribution in [0.5, 0.6) is 0 Å². The van der Waals surface area contributed by atoms with Gasteiger partial charge in [-0.3, -0.25) is 9.69 Å². The summed E-state index contributed by atoms with van der Waals surface area (Å²) in [4.78, 5) is 15.6. The van der Waals surface area contributed by atoms with Gasteiger partial charge in [-0.2, -0.15) is 0 Å². The van der Waals surface area contributed by atoms with E-state index in [9.17, 15) is 4.79 Å². The lowest BCUT2D eigenvalue weighted by Crippen LogP contribution is -2.48. The van der Waals surface area contributed by atoms with Crippen LogP contribution >= 0.6 is 0 Å². The van der Waals surface area contributed by atoms with Crippen LogP contribution in [0.4, 0.5) is 0 Å². The number of carbonyl (C=O) groups is 1. The summed E-state index contributed by atoms with van der Waals surface area (Å²) >= 11 is 0. The molecule has 0 radical (unpaired) electrons. The fraction of sp³-hybridized carbons (Fsp3) is 0.917. The maximum Gasteiger partial charge on any atom is 0.223 e. The average molecular weight is 245 g/mol. The van der Waals surface area contributed by atoms with E-state index in [2.05, 4.69) is 18.7 Å². The summed E-state index contributed by atoms with van der Waals surface area (Å²) in [5.74, 6) is 0.114. The number of hydrogen-bond acceptors (Lipinski definition) is 4. The first kappa shape index (κ1) is 16.4. The number of ether oxygens (including phenoxy) is 1. The molecule has 0 spiro atoms. The van der Waals surface area contributed by atoms with Gasteiger partial charge in [-0.05, 0) is 13.8 Å². The molecule has 2 N–H and O–H groups in total. The Balaban J connectivity index is 4.49. The molecule has 0 saturated carbocycles. The van der Waals surface area contributed by atoms with Crippen LogP contribution in [0.15, 0.2) is 0 Å². The molecule has 0 saturated heterocycles. The fourth-order valence-electron chi connectivity index (χ4n) is 1.78. The molecule has 0 aromatic rings. The van der Waals surface area contributed by atoms with Crippen LogP contribution in [0.3, 0.4) is 0 Å². The molecule has 1 amide bonds. The summed E-state index contributed by atoms with van der Waals surface area (Å²) in [7, 11) is 5.22. The summed E-state index contributed by atoms with van der Waals surface area (Å²) in [6.07, 6.45) is 0.464. The van der Waals surface area contributed by atoms with Gasteiger partial charge in [0.25, 0.3) is 0 Å². The van der Waals surface area contributed by atoms with E-state index in [4.69, 9.17) is 10.5 Å². The summed E-state index contributed by atoms with van der Waals surface area (Å²) in [5.41, 5.74) is 5.78. The normalized spacial score (nSPS) is 13.2. The average Bonchev–Trinajstić information content (AvgIpc) is 2.26. The first-order chi connectivity index (χ1) is 7.93. The highest BCUT2D eigenvalue weighted by Gasteiger charge is 2.22. The van der Waals surface area contributed by atoms with Gasteiger partial charge < -0.3 is 15.4 Å². The van der Waals surface area contributed by atoms with Crippen molar-refractivity contribution >= 4 is 5.91 Å². The van der Waals surface area contributed by atoms with Crippen molar-refractivity contribution in [1.82, 2.24) is 9.80 Å². The number of carbonyl (C=O) groups excluding carboxylic acids is 1. The monoisotopic (exact) mass is 245 g/mol. The Morgan fingerprint density at radius 1 is 1.35 bits per heavy atom. The van der Waals surface area contributed by atoms with Crippen molar-refractivity contribution in [1.29, 1.82) is 0 Å². The molecule has 0 bridgehead atoms. The minimum absolute atomic E-state index is 0.0834. The maximum absolute atomic E-state index is 11.7. The number of nitrogens with zero attached hydrogens (tertiary/aromatic N) is 2. The molecule has 0 heterocycles. The van der Waals surface area contributed by atoms with Gasteiger partial charge in [0.15, 0.2) is 0 Å². The van der Waals surface area contributed by atoms with Crippen molar-refractivity contribution in [3.63, 3.8) is 0 Å². The molecule has 5 heteroatoms. The van der Waals surface area contributed by atoms with Crippen LogP contribution in [-0.4, -0.2) is 68.7 Å². The van der Waals surface area contributed by atoms with E-state index in [-0.39, 0.29) is 11.9 Å². The molecule has 1 atom stereocenters. The highest BCUT2D eigenvalue weighted by molar-refractivity contribution is 5.76. The highest BCUT2D eigenvalue weighted by atomic mass is 16.5. The molecule has 0 aliphatic heterocycles. The second-order valence-corrected chi connectivity index (χ2v) is 4.71. The van der Waals surface area contributed by atoms with Crippen LogP contribution in [0, 0.1) is 0 Å². The fourth-order valence-corrected chi connectivity index (χ4v) is 1.78. The molecular formula is C12H27N3O2. The van der Waals surface area contributed by atoms with E-state index in [0.29, 0.717) is 25.6 Å². The minimum Gasteiger partial charge on any atom is -0.383 e. The molecule has 5 nitrogen and oxygen atoms in total. The van der Waals surface area contributed by atoms with Crippen molar-refractivity contribution in [3.05, 3.63) is 0 Å². The zero-order valence-corrected chi connectivity index (χ0v) is 11.8. The zero-order valence-electron chi connectivity index (χ0n) is 11.8. The van der Waals surface area contributed by atoms with Crippen molar-refractivity contribution < 1.29 is 9.53 Å². The second kappa shape index (κ2) is 8.44. The minimum atomic E-state index is 0.0834. The molecule has 0 fully saturated rings. The Labute approximate surface area is 105 Å². The maximum atomic E-state index is 11.7. The van der Waals surface area contributed by atoms with Crippen LogP contribution in [-0.2, 0) is 9.53 Å². The van der Waals surface area contributed by atoms with Crippen LogP contribution in [0.25, 0.3) is 0 Å². The van der Waals surface area contributed by atoms with E-state index in [1.165, 1.54) is 0 Å². The number of nitrogens with two attached hydrogens (primary N) is 1. The van der Waals surface area contributed by atoms with E-state index < -0.39 is 0 Å². The van der Waals surface area contributed by atoms with Gasteiger partial charge in [0.05, 0.1) is 6.61 Å². The Morgan fingerprint density at radius 3 is 2.29 bits per heavy atom. The predicted octanol–water partition coefficient (Wildman–Crippen LogP) is 0.149. The van der Waals surface area contributed by atoms with Crippen LogP contribution in [0.2, 0.25) is 0 Å². The molecule has 17 heavy (non-hydrogen) atoms. The van der Waals surface area contributed by atoms with Crippen LogP contribution < -0.4 is 5.73 Å². The Kier molecular flexibility index (Phi) is 8.12. The van der Waals surface area contributed by atoms with E-state index in [1.54, 1.807) is 26.1 Å². The summed E-state index contributed by atoms with van der Waals surface area (Å²) in [6.45, 7) is 6.17. The summed E-state index contributed by atoms with van der Waals surface area (Å²) < 4.78 is 5.09. The molecule has 0 aromatic heterocycles. The summed E-state index contributed by atoms with van der Waals surface area (Å²) in [6, 6.07) is 0.439. The summed E-state index contributed by atoms with van der Waals surface area (Å²) in [5, 5.41) is 0. The van der Waals surface area contributed by atoms with Gasteiger partial charge in [0.2, 0.25) is 5.91 Å². The third-order valence-corrected chi connectivity index (χ3v) is 2.87. The molecule has 0 rings (SSSR count). The lowest BCUT2D eigenvalue weighted by Gasteiger charge is -2.34. The lowest BCUT2D eigenvalue weighted by molar-refractivity contribution is -0.130. The van der Waals surface area contributed by atoms with Crippen LogP contribution in [0.1, 0.15) is 20.3 Å². The van der Waals surface area contributed by atoms with Gasteiger partial charge in [0, 0.05) is 52.8 Å². The van der Waals surface area contributed by atoms with Crippen molar-refractivity contribution in [2.75, 3.05) is 40.9 Å². The van der Waals surface area contributed by atoms with Crippen molar-refractivity contribution in [2.24, 2.45) is 5.73 Å².